The fourth-order valence-corrected chi connectivity index (χ4v) is 2.26. The number of nitrogens with zero attached hydrogens (tertiary/aromatic N) is 3. The molecule has 0 aliphatic heterocycles. The summed E-state index contributed by atoms with van der Waals surface area (Å²) < 4.78 is 0. The normalized spacial score (nSPS) is 13.7. The van der Waals surface area contributed by atoms with Crippen molar-refractivity contribution in [2.24, 2.45) is 5.73 Å². The summed E-state index contributed by atoms with van der Waals surface area (Å²) in [6.07, 6.45) is 0.963. The van der Waals surface area contributed by atoms with Gasteiger partial charge in [-0.15, -0.1) is 0 Å². The number of nitrogens with two attached hydrogens (primary N) is 1. The van der Waals surface area contributed by atoms with Crippen LogP contribution in [-0.4, -0.2) is 40.5 Å². The molecule has 3 N–H and O–H groups in total. The summed E-state index contributed by atoms with van der Waals surface area (Å²) in [5.41, 5.74) is 4.68. The summed E-state index contributed by atoms with van der Waals surface area (Å²) >= 11 is 0. The molecular weight excluding hydrogens is 290 g/mol. The van der Waals surface area contributed by atoms with Crippen molar-refractivity contribution in [3.05, 3.63) is 38.4 Å². The summed E-state index contributed by atoms with van der Waals surface area (Å²) in [7, 11) is 1.90. The summed E-state index contributed by atoms with van der Waals surface area (Å²) in [6, 6.07) is 3.44. The SMILES string of the molecule is CCCN(C)CC(C)(N)Nc1ccc([N+](=O)[O-])cc1[N+](=O)[O-]. The number of hydrogen-bond acceptors (Lipinski definition) is 7. The van der Waals surface area contributed by atoms with Crippen LogP contribution in [0.5, 0.6) is 0 Å². The standard InChI is InChI=1S/C13H21N5O4/c1-4-7-16(3)9-13(2,14)15-11-6-5-10(17(19)20)8-12(11)18(21)22/h5-6,8,15H,4,7,9,14H2,1-3H3. The van der Waals surface area contributed by atoms with Gasteiger partial charge >= 0.3 is 0 Å². The lowest BCUT2D eigenvalue weighted by Crippen LogP contribution is -2.53. The quantitative estimate of drug-likeness (QED) is 0.426. The molecule has 0 aromatic heterocycles. The molecule has 0 heterocycles. The highest BCUT2D eigenvalue weighted by Gasteiger charge is 2.26. The molecule has 9 nitrogen and oxygen atoms in total. The van der Waals surface area contributed by atoms with Crippen molar-refractivity contribution in [1.29, 1.82) is 0 Å². The molecule has 1 atom stereocenters. The lowest BCUT2D eigenvalue weighted by molar-refractivity contribution is -0.393. The van der Waals surface area contributed by atoms with Crippen LogP contribution in [0.3, 0.4) is 0 Å². The minimum absolute atomic E-state index is 0.158. The van der Waals surface area contributed by atoms with E-state index in [0.717, 1.165) is 19.0 Å². The number of likely N-dealkylation sites (N-methyl/N-ethyl adjacent to an activating group) is 1. The molecule has 0 bridgehead atoms. The molecular formula is C13H21N5O4. The lowest BCUT2D eigenvalue weighted by atomic mass is 10.1. The third-order valence-electron chi connectivity index (χ3n) is 3.01. The van der Waals surface area contributed by atoms with Crippen LogP contribution in [0.2, 0.25) is 0 Å². The molecule has 1 aromatic rings. The number of benzene rings is 1. The van der Waals surface area contributed by atoms with E-state index in [1.165, 1.54) is 12.1 Å². The maximum atomic E-state index is 11.1. The van der Waals surface area contributed by atoms with E-state index in [0.29, 0.717) is 6.54 Å². The Hall–Kier alpha value is -2.26. The highest BCUT2D eigenvalue weighted by molar-refractivity contribution is 5.66. The first-order valence-corrected chi connectivity index (χ1v) is 6.84. The van der Waals surface area contributed by atoms with Crippen LogP contribution in [0, 0.1) is 20.2 Å². The molecule has 0 fully saturated rings. The lowest BCUT2D eigenvalue weighted by Gasteiger charge is -2.31. The van der Waals surface area contributed by atoms with Gasteiger partial charge in [0.1, 0.15) is 5.69 Å². The number of hydrogen-bond donors (Lipinski definition) is 2. The zero-order valence-corrected chi connectivity index (χ0v) is 12.9. The van der Waals surface area contributed by atoms with E-state index < -0.39 is 15.5 Å². The van der Waals surface area contributed by atoms with Crippen LogP contribution in [0.1, 0.15) is 20.3 Å². The number of anilines is 1. The van der Waals surface area contributed by atoms with Crippen molar-refractivity contribution in [2.75, 3.05) is 25.5 Å². The Morgan fingerprint density at radius 3 is 2.45 bits per heavy atom. The topological polar surface area (TPSA) is 128 Å². The van der Waals surface area contributed by atoms with E-state index >= 15 is 0 Å². The van der Waals surface area contributed by atoms with Crippen molar-refractivity contribution in [1.82, 2.24) is 4.90 Å². The first-order valence-electron chi connectivity index (χ1n) is 6.84. The van der Waals surface area contributed by atoms with Gasteiger partial charge in [-0.3, -0.25) is 20.2 Å². The van der Waals surface area contributed by atoms with Crippen LogP contribution < -0.4 is 11.1 Å². The molecule has 0 aliphatic carbocycles. The van der Waals surface area contributed by atoms with Crippen LogP contribution in [0.25, 0.3) is 0 Å². The van der Waals surface area contributed by atoms with E-state index in [-0.39, 0.29) is 17.1 Å². The molecule has 1 rings (SSSR count). The summed E-state index contributed by atoms with van der Waals surface area (Å²) in [5, 5.41) is 24.7. The number of nitro benzene ring substituents is 2. The Morgan fingerprint density at radius 2 is 1.95 bits per heavy atom. The number of non-ortho nitro benzene ring substituents is 1. The van der Waals surface area contributed by atoms with Gasteiger partial charge in [0.05, 0.1) is 21.6 Å². The van der Waals surface area contributed by atoms with Crippen LogP contribution in [-0.2, 0) is 0 Å². The second-order valence-electron chi connectivity index (χ2n) is 5.50. The molecule has 9 heteroatoms. The van der Waals surface area contributed by atoms with E-state index in [1.54, 1.807) is 6.92 Å². The Bertz CT molecular complexity index is 561. The summed E-state index contributed by atoms with van der Waals surface area (Å²) in [4.78, 5) is 22.5. The van der Waals surface area contributed by atoms with Gasteiger partial charge in [0.15, 0.2) is 0 Å². The second kappa shape index (κ2) is 7.14. The van der Waals surface area contributed by atoms with Gasteiger partial charge in [-0.2, -0.15) is 0 Å². The Kier molecular flexibility index (Phi) is 5.77. The minimum Gasteiger partial charge on any atom is -0.361 e. The first-order chi connectivity index (χ1) is 10.2. The van der Waals surface area contributed by atoms with Gasteiger partial charge in [-0.25, -0.2) is 0 Å². The minimum atomic E-state index is -0.912. The predicted octanol–water partition coefficient (Wildman–Crippen LogP) is 1.93. The monoisotopic (exact) mass is 311 g/mol. The van der Waals surface area contributed by atoms with Gasteiger partial charge in [0, 0.05) is 12.6 Å². The van der Waals surface area contributed by atoms with Crippen LogP contribution >= 0.6 is 0 Å². The zero-order chi connectivity index (χ0) is 16.9. The number of rotatable bonds is 8. The Morgan fingerprint density at radius 1 is 1.32 bits per heavy atom. The zero-order valence-electron chi connectivity index (χ0n) is 12.9. The van der Waals surface area contributed by atoms with Gasteiger partial charge in [-0.05, 0) is 33.0 Å². The molecule has 1 unspecified atom stereocenters. The van der Waals surface area contributed by atoms with E-state index in [9.17, 15) is 20.2 Å². The van der Waals surface area contributed by atoms with Crippen molar-refractivity contribution in [3.8, 4) is 0 Å². The van der Waals surface area contributed by atoms with Gasteiger partial charge in [-0.1, -0.05) is 6.92 Å². The molecule has 0 spiro atoms. The number of nitrogens with one attached hydrogen (secondary N) is 1. The largest absolute Gasteiger partial charge is 0.361 e. The van der Waals surface area contributed by atoms with Crippen molar-refractivity contribution < 1.29 is 9.85 Å². The second-order valence-corrected chi connectivity index (χ2v) is 5.50. The molecule has 22 heavy (non-hydrogen) atoms. The average molecular weight is 311 g/mol. The molecule has 0 saturated carbocycles. The summed E-state index contributed by atoms with van der Waals surface area (Å²) in [5.74, 6) is 0. The first kappa shape index (κ1) is 17.8. The predicted molar refractivity (Wildman–Crippen MR) is 83.8 cm³/mol. The molecule has 0 radical (unpaired) electrons. The smallest absolute Gasteiger partial charge is 0.299 e. The molecule has 0 saturated heterocycles. The van der Waals surface area contributed by atoms with Crippen molar-refractivity contribution in [2.45, 2.75) is 25.9 Å². The van der Waals surface area contributed by atoms with E-state index in [1.807, 2.05) is 18.9 Å². The molecule has 0 amide bonds. The van der Waals surface area contributed by atoms with Crippen molar-refractivity contribution in [3.63, 3.8) is 0 Å². The van der Waals surface area contributed by atoms with E-state index in [4.69, 9.17) is 5.73 Å². The van der Waals surface area contributed by atoms with Gasteiger partial charge < -0.3 is 16.0 Å². The van der Waals surface area contributed by atoms with Crippen LogP contribution in [0.4, 0.5) is 17.1 Å². The van der Waals surface area contributed by atoms with E-state index in [2.05, 4.69) is 5.32 Å². The van der Waals surface area contributed by atoms with Gasteiger partial charge in [0.25, 0.3) is 11.4 Å². The fourth-order valence-electron chi connectivity index (χ4n) is 2.26. The Labute approximate surface area is 128 Å². The Balaban J connectivity index is 3.01. The molecule has 0 aliphatic rings. The van der Waals surface area contributed by atoms with Crippen LogP contribution in [0.15, 0.2) is 18.2 Å². The summed E-state index contributed by atoms with van der Waals surface area (Å²) in [6.45, 7) is 5.06. The van der Waals surface area contributed by atoms with Gasteiger partial charge in [0.2, 0.25) is 0 Å². The third kappa shape index (κ3) is 4.93. The third-order valence-corrected chi connectivity index (χ3v) is 3.01. The fraction of sp³-hybridized carbons (Fsp3) is 0.538. The van der Waals surface area contributed by atoms with Crippen molar-refractivity contribution >= 4 is 17.1 Å². The highest BCUT2D eigenvalue weighted by atomic mass is 16.6. The highest BCUT2D eigenvalue weighted by Crippen LogP contribution is 2.30. The number of nitro groups is 2. The maximum absolute atomic E-state index is 11.1. The molecule has 1 aromatic carbocycles. The maximum Gasteiger partial charge on any atom is 0.299 e. The average Bonchev–Trinajstić information content (AvgIpc) is 2.37. The molecule has 122 valence electrons.